The number of urea groups is 1. The van der Waals surface area contributed by atoms with Crippen LogP contribution in [0.15, 0.2) is 48.5 Å². The van der Waals surface area contributed by atoms with Gasteiger partial charge in [-0.05, 0) is 43.7 Å². The number of hydrogen-bond donors (Lipinski definition) is 2. The maximum absolute atomic E-state index is 12.9. The molecule has 1 aliphatic rings. The number of likely N-dealkylation sites (tertiary alicyclic amines) is 1. The number of aliphatic hydroxyl groups is 1. The molecule has 2 amide bonds. The number of nitrogens with zero attached hydrogens (tertiary/aromatic N) is 1. The second kappa shape index (κ2) is 8.37. The topological polar surface area (TPSA) is 52.6 Å². The Labute approximate surface area is 155 Å². The van der Waals surface area contributed by atoms with Gasteiger partial charge in [0.1, 0.15) is 0 Å². The highest BCUT2D eigenvalue weighted by atomic mass is 16.3. The zero-order valence-electron chi connectivity index (χ0n) is 15.6. The molecule has 1 fully saturated rings. The maximum Gasteiger partial charge on any atom is 0.318 e. The highest BCUT2D eigenvalue weighted by Gasteiger charge is 2.26. The average Bonchev–Trinajstić information content (AvgIpc) is 2.66. The molecule has 138 valence electrons. The molecule has 0 spiro atoms. The molecular formula is C22H28N2O2. The van der Waals surface area contributed by atoms with E-state index in [1.807, 2.05) is 17.0 Å². The van der Waals surface area contributed by atoms with Crippen LogP contribution in [-0.2, 0) is 0 Å². The van der Waals surface area contributed by atoms with E-state index in [4.69, 9.17) is 0 Å². The fraction of sp³-hybridized carbons (Fsp3) is 0.409. The Morgan fingerprint density at radius 1 is 1.15 bits per heavy atom. The van der Waals surface area contributed by atoms with Gasteiger partial charge in [0.25, 0.3) is 0 Å². The smallest absolute Gasteiger partial charge is 0.318 e. The first kappa shape index (κ1) is 18.5. The van der Waals surface area contributed by atoms with Crippen molar-refractivity contribution in [1.29, 1.82) is 0 Å². The molecule has 26 heavy (non-hydrogen) atoms. The van der Waals surface area contributed by atoms with Crippen LogP contribution in [0.5, 0.6) is 0 Å². The van der Waals surface area contributed by atoms with Crippen molar-refractivity contribution in [1.82, 2.24) is 10.2 Å². The summed E-state index contributed by atoms with van der Waals surface area (Å²) in [4.78, 5) is 14.8. The van der Waals surface area contributed by atoms with E-state index in [2.05, 4.69) is 55.6 Å². The maximum atomic E-state index is 12.9. The van der Waals surface area contributed by atoms with E-state index < -0.39 is 0 Å². The van der Waals surface area contributed by atoms with Crippen LogP contribution >= 0.6 is 0 Å². The highest BCUT2D eigenvalue weighted by Crippen LogP contribution is 2.25. The van der Waals surface area contributed by atoms with Crippen LogP contribution in [0.1, 0.15) is 41.1 Å². The van der Waals surface area contributed by atoms with Crippen molar-refractivity contribution in [2.75, 3.05) is 19.7 Å². The van der Waals surface area contributed by atoms with Crippen molar-refractivity contribution in [3.05, 3.63) is 70.8 Å². The van der Waals surface area contributed by atoms with Gasteiger partial charge in [-0.25, -0.2) is 4.79 Å². The van der Waals surface area contributed by atoms with Crippen molar-refractivity contribution in [3.63, 3.8) is 0 Å². The predicted molar refractivity (Wildman–Crippen MR) is 104 cm³/mol. The van der Waals surface area contributed by atoms with Crippen LogP contribution < -0.4 is 5.32 Å². The highest BCUT2D eigenvalue weighted by molar-refractivity contribution is 5.75. The first-order valence-electron chi connectivity index (χ1n) is 9.36. The molecule has 1 heterocycles. The number of hydrogen-bond acceptors (Lipinski definition) is 2. The lowest BCUT2D eigenvalue weighted by molar-refractivity contribution is 0.128. The fourth-order valence-corrected chi connectivity index (χ4v) is 3.67. The summed E-state index contributed by atoms with van der Waals surface area (Å²) >= 11 is 0. The Morgan fingerprint density at radius 3 is 2.31 bits per heavy atom. The van der Waals surface area contributed by atoms with E-state index in [0.29, 0.717) is 6.54 Å². The van der Waals surface area contributed by atoms with Crippen LogP contribution in [0, 0.1) is 19.8 Å². The van der Waals surface area contributed by atoms with Gasteiger partial charge in [0.05, 0.1) is 6.04 Å². The summed E-state index contributed by atoms with van der Waals surface area (Å²) in [5, 5.41) is 12.7. The molecule has 1 unspecified atom stereocenters. The zero-order chi connectivity index (χ0) is 18.5. The van der Waals surface area contributed by atoms with Gasteiger partial charge < -0.3 is 15.3 Å². The van der Waals surface area contributed by atoms with Crippen LogP contribution in [0.4, 0.5) is 4.79 Å². The molecule has 4 heteroatoms. The second-order valence-electron chi connectivity index (χ2n) is 7.35. The summed E-state index contributed by atoms with van der Waals surface area (Å²) < 4.78 is 0. The van der Waals surface area contributed by atoms with Crippen molar-refractivity contribution >= 4 is 6.03 Å². The Kier molecular flexibility index (Phi) is 5.94. The molecule has 1 aliphatic heterocycles. The van der Waals surface area contributed by atoms with Crippen LogP contribution in [0.3, 0.4) is 0 Å². The van der Waals surface area contributed by atoms with E-state index >= 15 is 0 Å². The average molecular weight is 352 g/mol. The standard InChI is InChI=1S/C22H28N2O2/c1-16-6-3-9-19(12-16)21(20-10-4-7-17(2)13-20)23-22(26)24-11-5-8-18(14-24)15-25/h3-4,6-7,9-10,12-13,18,21,25H,5,8,11,14-15H2,1-2H3,(H,23,26). The van der Waals surface area contributed by atoms with Gasteiger partial charge in [-0.1, -0.05) is 59.7 Å². The molecule has 0 radical (unpaired) electrons. The Hall–Kier alpha value is -2.33. The van der Waals surface area contributed by atoms with Crippen molar-refractivity contribution in [2.45, 2.75) is 32.7 Å². The SMILES string of the molecule is Cc1cccc(C(NC(=O)N2CCCC(CO)C2)c2cccc(C)c2)c1. The minimum absolute atomic E-state index is 0.0591. The molecule has 0 bridgehead atoms. The lowest BCUT2D eigenvalue weighted by atomic mass is 9.96. The number of rotatable bonds is 4. The Morgan fingerprint density at radius 2 is 1.77 bits per heavy atom. The van der Waals surface area contributed by atoms with Gasteiger partial charge in [0.15, 0.2) is 0 Å². The summed E-state index contributed by atoms with van der Waals surface area (Å²) in [6, 6.07) is 16.3. The van der Waals surface area contributed by atoms with Gasteiger partial charge in [-0.2, -0.15) is 0 Å². The molecule has 4 nitrogen and oxygen atoms in total. The monoisotopic (exact) mass is 352 g/mol. The molecule has 0 saturated carbocycles. The van der Waals surface area contributed by atoms with Crippen molar-refractivity contribution in [3.8, 4) is 0 Å². The van der Waals surface area contributed by atoms with E-state index in [1.165, 1.54) is 11.1 Å². The van der Waals surface area contributed by atoms with E-state index in [0.717, 1.165) is 30.5 Å². The predicted octanol–water partition coefficient (Wildman–Crippen LogP) is 3.81. The zero-order valence-corrected chi connectivity index (χ0v) is 15.6. The number of aliphatic hydroxyl groups excluding tert-OH is 1. The molecule has 1 atom stereocenters. The lowest BCUT2D eigenvalue weighted by Gasteiger charge is -2.33. The van der Waals surface area contributed by atoms with E-state index in [9.17, 15) is 9.90 Å². The number of nitrogens with one attached hydrogen (secondary N) is 1. The van der Waals surface area contributed by atoms with E-state index in [1.54, 1.807) is 0 Å². The largest absolute Gasteiger partial charge is 0.396 e. The first-order chi connectivity index (χ1) is 12.6. The van der Waals surface area contributed by atoms with E-state index in [-0.39, 0.29) is 24.6 Å². The van der Waals surface area contributed by atoms with Crippen molar-refractivity contribution in [2.24, 2.45) is 5.92 Å². The summed E-state index contributed by atoms with van der Waals surface area (Å²) in [5.41, 5.74) is 4.51. The second-order valence-corrected chi connectivity index (χ2v) is 7.35. The van der Waals surface area contributed by atoms with Gasteiger partial charge in [0, 0.05) is 19.7 Å². The number of carbonyl (C=O) groups excluding carboxylic acids is 1. The minimum Gasteiger partial charge on any atom is -0.396 e. The molecule has 0 aliphatic carbocycles. The Bertz CT molecular complexity index is 714. The third kappa shape index (κ3) is 4.44. The Balaban J connectivity index is 1.85. The molecule has 2 N–H and O–H groups in total. The lowest BCUT2D eigenvalue weighted by Crippen LogP contribution is -2.47. The number of benzene rings is 2. The van der Waals surface area contributed by atoms with Gasteiger partial charge in [-0.15, -0.1) is 0 Å². The molecule has 0 aromatic heterocycles. The first-order valence-corrected chi connectivity index (χ1v) is 9.36. The molecule has 1 saturated heterocycles. The van der Waals surface area contributed by atoms with Crippen LogP contribution in [-0.4, -0.2) is 35.7 Å². The minimum atomic E-state index is -0.184. The molecule has 2 aromatic rings. The number of aryl methyl sites for hydroxylation is 2. The third-order valence-corrected chi connectivity index (χ3v) is 5.08. The van der Waals surface area contributed by atoms with Gasteiger partial charge in [0.2, 0.25) is 0 Å². The van der Waals surface area contributed by atoms with Gasteiger partial charge >= 0.3 is 6.03 Å². The normalized spacial score (nSPS) is 17.4. The third-order valence-electron chi connectivity index (χ3n) is 5.08. The quantitative estimate of drug-likeness (QED) is 0.879. The summed E-state index contributed by atoms with van der Waals surface area (Å²) in [6.45, 7) is 5.64. The summed E-state index contributed by atoms with van der Waals surface area (Å²) in [6.07, 6.45) is 1.93. The van der Waals surface area contributed by atoms with Crippen LogP contribution in [0.25, 0.3) is 0 Å². The number of amides is 2. The van der Waals surface area contributed by atoms with Gasteiger partial charge in [-0.3, -0.25) is 0 Å². The number of piperidine rings is 1. The molecule has 3 rings (SSSR count). The summed E-state index contributed by atoms with van der Waals surface area (Å²) in [7, 11) is 0. The molecular weight excluding hydrogens is 324 g/mol. The van der Waals surface area contributed by atoms with Crippen molar-refractivity contribution < 1.29 is 9.90 Å². The van der Waals surface area contributed by atoms with Crippen LogP contribution in [0.2, 0.25) is 0 Å². The summed E-state index contributed by atoms with van der Waals surface area (Å²) in [5.74, 6) is 0.186. The fourth-order valence-electron chi connectivity index (χ4n) is 3.67. The number of carbonyl (C=O) groups is 1. The molecule has 2 aromatic carbocycles.